The number of carbonyl (C=O) groups is 1. The summed E-state index contributed by atoms with van der Waals surface area (Å²) in [7, 11) is 0. The normalized spacial score (nSPS) is 22.2. The molecule has 0 radical (unpaired) electrons. The van der Waals surface area contributed by atoms with E-state index in [0.717, 1.165) is 34.4 Å². The summed E-state index contributed by atoms with van der Waals surface area (Å²) >= 11 is 0. The highest BCUT2D eigenvalue weighted by Crippen LogP contribution is 2.37. The van der Waals surface area contributed by atoms with Crippen molar-refractivity contribution in [3.05, 3.63) is 47.3 Å². The number of benzene rings is 1. The number of cyclic esters (lactones) is 1. The molecule has 1 aliphatic carbocycles. The number of hydrogen-bond donors (Lipinski definition) is 1. The van der Waals surface area contributed by atoms with E-state index in [0.29, 0.717) is 11.3 Å². The summed E-state index contributed by atoms with van der Waals surface area (Å²) < 4.78 is 27.7. The number of nitrogens with two attached hydrogens (primary N) is 1. The zero-order valence-electron chi connectivity index (χ0n) is 14.9. The molecule has 1 aromatic heterocycles. The van der Waals surface area contributed by atoms with Gasteiger partial charge in [0.1, 0.15) is 6.61 Å². The molecule has 2 aliphatic rings. The average molecular weight is 298 g/mol. The van der Waals surface area contributed by atoms with Crippen molar-refractivity contribution in [2.24, 2.45) is 5.73 Å². The molecule has 112 valence electrons. The first-order valence-electron chi connectivity index (χ1n) is 8.69. The lowest BCUT2D eigenvalue weighted by Crippen LogP contribution is -2.31. The van der Waals surface area contributed by atoms with Crippen LogP contribution in [0.5, 0.6) is 0 Å². The van der Waals surface area contributed by atoms with Gasteiger partial charge in [-0.15, -0.1) is 0 Å². The summed E-state index contributed by atoms with van der Waals surface area (Å²) in [4.78, 5) is 16.9. The van der Waals surface area contributed by atoms with Gasteiger partial charge in [0, 0.05) is 40.7 Å². The van der Waals surface area contributed by atoms with E-state index < -0.39 is 13.1 Å². The quantitative estimate of drug-likeness (QED) is 0.879. The molecule has 5 nitrogen and oxygen atoms in total. The number of anilines is 1. The second-order valence-electron chi connectivity index (χ2n) is 5.63. The van der Waals surface area contributed by atoms with Crippen molar-refractivity contribution in [3.63, 3.8) is 0 Å². The van der Waals surface area contributed by atoms with Crippen LogP contribution in [0.25, 0.3) is 11.1 Å². The zero-order chi connectivity index (χ0) is 17.8. The van der Waals surface area contributed by atoms with Crippen LogP contribution in [0.3, 0.4) is 0 Å². The van der Waals surface area contributed by atoms with Crippen LogP contribution in [-0.4, -0.2) is 18.1 Å². The molecule has 1 aromatic carbocycles. The van der Waals surface area contributed by atoms with E-state index in [1.54, 1.807) is 12.3 Å². The summed E-state index contributed by atoms with van der Waals surface area (Å²) in [5.74, 6) is 0. The van der Waals surface area contributed by atoms with Crippen molar-refractivity contribution in [3.8, 4) is 11.1 Å². The molecule has 0 fully saturated rings. The summed E-state index contributed by atoms with van der Waals surface area (Å²) in [6.07, 6.45) is 4.54. The van der Waals surface area contributed by atoms with Crippen molar-refractivity contribution in [1.29, 1.82) is 0 Å². The monoisotopic (exact) mass is 298 g/mol. The average Bonchev–Trinajstić information content (AvgIpc) is 2.94. The number of fused-ring (bicyclic) bond motifs is 2. The van der Waals surface area contributed by atoms with Crippen molar-refractivity contribution >= 4 is 11.8 Å². The Balaban J connectivity index is 1.80. The van der Waals surface area contributed by atoms with Gasteiger partial charge in [-0.3, -0.25) is 9.88 Å². The smallest absolute Gasteiger partial charge is 0.414 e. The molecule has 0 bridgehead atoms. The molecule has 1 amide bonds. The Morgan fingerprint density at radius 2 is 2.36 bits per heavy atom. The fraction of sp³-hybridized carbons (Fsp3) is 0.294. The van der Waals surface area contributed by atoms with E-state index in [2.05, 4.69) is 4.98 Å². The maximum atomic E-state index is 11.9. The molecule has 4 rings (SSSR count). The summed E-state index contributed by atoms with van der Waals surface area (Å²) in [6, 6.07) is 5.34. The van der Waals surface area contributed by atoms with E-state index in [1.165, 1.54) is 5.56 Å². The largest absolute Gasteiger partial charge is 0.444 e. The molecule has 0 saturated heterocycles. The lowest BCUT2D eigenvalue weighted by atomic mass is 9.97. The predicted molar refractivity (Wildman–Crippen MR) is 83.5 cm³/mol. The van der Waals surface area contributed by atoms with E-state index >= 15 is 0 Å². The Bertz CT molecular complexity index is 867. The van der Waals surface area contributed by atoms with Gasteiger partial charge in [0.2, 0.25) is 0 Å². The van der Waals surface area contributed by atoms with Crippen molar-refractivity contribution in [2.75, 3.05) is 11.9 Å². The molecule has 1 aliphatic heterocycles. The highest BCUT2D eigenvalue weighted by atomic mass is 16.6. The maximum absolute atomic E-state index is 11.9. The highest BCUT2D eigenvalue weighted by molar-refractivity contribution is 5.90. The molecule has 2 aromatic rings. The minimum atomic E-state index is -2.59. The Labute approximate surface area is 132 Å². The minimum absolute atomic E-state index is 0.00656. The van der Waals surface area contributed by atoms with Gasteiger partial charge in [0.05, 0.1) is 5.69 Å². The molecule has 22 heavy (non-hydrogen) atoms. The van der Waals surface area contributed by atoms with E-state index in [9.17, 15) is 4.79 Å². The fourth-order valence-electron chi connectivity index (χ4n) is 3.20. The van der Waals surface area contributed by atoms with Gasteiger partial charge >= 0.3 is 6.09 Å². The second-order valence-corrected chi connectivity index (χ2v) is 5.63. The molecule has 2 heterocycles. The van der Waals surface area contributed by atoms with Crippen LogP contribution in [-0.2, 0) is 17.8 Å². The van der Waals surface area contributed by atoms with E-state index in [-0.39, 0.29) is 12.6 Å². The van der Waals surface area contributed by atoms with Crippen LogP contribution in [0.4, 0.5) is 10.5 Å². The standard InChI is InChI=1S/C17H17N3O2/c1-20-16-5-2-10(6-11(16)9-22-17(20)21)13-7-19-8-14-12(13)3-4-15(14)18/h2,5-8,15H,3-4,9,18H2,1H3/t15-/m1/s1/i1D3. The van der Waals surface area contributed by atoms with Crippen LogP contribution >= 0.6 is 0 Å². The number of hydrogen-bond acceptors (Lipinski definition) is 4. The van der Waals surface area contributed by atoms with Gasteiger partial charge in [0.25, 0.3) is 0 Å². The predicted octanol–water partition coefficient (Wildman–Crippen LogP) is 2.78. The van der Waals surface area contributed by atoms with Crippen LogP contribution in [0.15, 0.2) is 30.6 Å². The number of ether oxygens (including phenoxy) is 1. The number of amides is 1. The van der Waals surface area contributed by atoms with Gasteiger partial charge in [0.15, 0.2) is 0 Å². The van der Waals surface area contributed by atoms with Crippen LogP contribution in [0.1, 0.15) is 33.3 Å². The molecule has 2 N–H and O–H groups in total. The van der Waals surface area contributed by atoms with Crippen LogP contribution < -0.4 is 10.6 Å². The third-order valence-electron chi connectivity index (χ3n) is 4.36. The number of carbonyl (C=O) groups excluding carboxylic acids is 1. The fourth-order valence-corrected chi connectivity index (χ4v) is 3.20. The topological polar surface area (TPSA) is 68.5 Å². The Kier molecular flexibility index (Phi) is 2.26. The molecule has 0 saturated carbocycles. The van der Waals surface area contributed by atoms with Crippen LogP contribution in [0, 0.1) is 0 Å². The third kappa shape index (κ3) is 1.89. The first-order valence-corrected chi connectivity index (χ1v) is 7.19. The number of aromatic nitrogens is 1. The molecule has 0 spiro atoms. The van der Waals surface area contributed by atoms with Gasteiger partial charge in [-0.05, 0) is 41.7 Å². The SMILES string of the molecule is [2H]C([2H])([2H])N1C(=O)OCc2cc(-c3cncc4c3CC[C@H]4N)ccc21. The van der Waals surface area contributed by atoms with Crippen molar-refractivity contribution < 1.29 is 13.6 Å². The Morgan fingerprint density at radius 1 is 1.45 bits per heavy atom. The molecule has 0 unspecified atom stereocenters. The van der Waals surface area contributed by atoms with Gasteiger partial charge < -0.3 is 10.5 Å². The zero-order valence-corrected chi connectivity index (χ0v) is 11.9. The first-order chi connectivity index (χ1) is 11.9. The lowest BCUT2D eigenvalue weighted by molar-refractivity contribution is 0.143. The number of rotatable bonds is 1. The van der Waals surface area contributed by atoms with Crippen molar-refractivity contribution in [2.45, 2.75) is 25.5 Å². The van der Waals surface area contributed by atoms with Crippen LogP contribution in [0.2, 0.25) is 0 Å². The summed E-state index contributed by atoms with van der Waals surface area (Å²) in [5, 5.41) is 0. The number of pyridine rings is 1. The maximum Gasteiger partial charge on any atom is 0.414 e. The van der Waals surface area contributed by atoms with E-state index in [4.69, 9.17) is 14.6 Å². The Morgan fingerprint density at radius 3 is 3.23 bits per heavy atom. The van der Waals surface area contributed by atoms with Gasteiger partial charge in [-0.2, -0.15) is 0 Å². The third-order valence-corrected chi connectivity index (χ3v) is 4.36. The molecule has 1 atom stereocenters. The van der Waals surface area contributed by atoms with Gasteiger partial charge in [-0.25, -0.2) is 4.79 Å². The number of nitrogens with zero attached hydrogens (tertiary/aromatic N) is 2. The second kappa shape index (κ2) is 4.81. The minimum Gasteiger partial charge on any atom is -0.444 e. The van der Waals surface area contributed by atoms with E-state index in [1.807, 2.05) is 18.3 Å². The molecule has 5 heteroatoms. The van der Waals surface area contributed by atoms with Crippen molar-refractivity contribution in [1.82, 2.24) is 4.98 Å². The first kappa shape index (κ1) is 10.3. The summed E-state index contributed by atoms with van der Waals surface area (Å²) in [5.41, 5.74) is 11.3. The molecular weight excluding hydrogens is 278 g/mol. The molecular formula is C17H17N3O2. The highest BCUT2D eigenvalue weighted by Gasteiger charge is 2.25. The van der Waals surface area contributed by atoms with Gasteiger partial charge in [-0.1, -0.05) is 6.07 Å². The Hall–Kier alpha value is -2.40. The summed E-state index contributed by atoms with van der Waals surface area (Å²) in [6.45, 7) is -2.54. The lowest BCUT2D eigenvalue weighted by Gasteiger charge is -2.26.